The van der Waals surface area contributed by atoms with Gasteiger partial charge in [-0.25, -0.2) is 9.89 Å². The molecule has 1 aliphatic rings. The first-order valence-corrected chi connectivity index (χ1v) is 8.14. The molecule has 1 unspecified atom stereocenters. The molecule has 0 saturated carbocycles. The first-order valence-electron chi connectivity index (χ1n) is 7.77. The number of nitrogens with zero attached hydrogens (tertiary/aromatic N) is 2. The van der Waals surface area contributed by atoms with Crippen LogP contribution in [0.15, 0.2) is 29.3 Å². The minimum absolute atomic E-state index is 0. The molecule has 0 saturated heterocycles. The minimum atomic E-state index is -0.485. The van der Waals surface area contributed by atoms with Crippen molar-refractivity contribution in [3.8, 4) is 0 Å². The van der Waals surface area contributed by atoms with Gasteiger partial charge in [-0.3, -0.25) is 5.73 Å². The van der Waals surface area contributed by atoms with Gasteiger partial charge in [0.2, 0.25) is 0 Å². The van der Waals surface area contributed by atoms with Gasteiger partial charge in [0, 0.05) is 11.4 Å². The Morgan fingerprint density at radius 3 is 2.43 bits per heavy atom. The number of nitrogens with two attached hydrogens (primary N) is 2. The van der Waals surface area contributed by atoms with Gasteiger partial charge in [0.15, 0.2) is 5.66 Å². The van der Waals surface area contributed by atoms with E-state index in [1.165, 1.54) is 19.3 Å². The van der Waals surface area contributed by atoms with Gasteiger partial charge in [-0.15, -0.1) is 0 Å². The van der Waals surface area contributed by atoms with E-state index in [2.05, 4.69) is 24.2 Å². The summed E-state index contributed by atoms with van der Waals surface area (Å²) in [6, 6.07) is 7.59. The molecule has 5 N–H and O–H groups in total. The van der Waals surface area contributed by atoms with E-state index in [1.54, 1.807) is 0 Å². The van der Waals surface area contributed by atoms with E-state index in [-0.39, 0.29) is 12.4 Å². The van der Waals surface area contributed by atoms with Gasteiger partial charge in [-0.05, 0) is 37.6 Å². The predicted molar refractivity (Wildman–Crippen MR) is 92.5 cm³/mol. The highest BCUT2D eigenvalue weighted by Gasteiger charge is 2.38. The molecule has 5 nitrogen and oxygen atoms in total. The van der Waals surface area contributed by atoms with Gasteiger partial charge in [0.25, 0.3) is 5.96 Å². The lowest BCUT2D eigenvalue weighted by Crippen LogP contribution is -3.00. The standard InChI is InChI=1S/C16H24ClN5.ClH/c1-3-4-5-6-11-16(2)21-14(18)20-15(19)22(16)13-9-7-12(17)8-10-13;/h7-10H,3-6,11H2,1-2H3,(H4,18,19,20,21);1H. The molecular weight excluding hydrogens is 333 g/mol. The zero-order valence-electron chi connectivity index (χ0n) is 13.6. The maximum absolute atomic E-state index is 6.18. The molecule has 0 aliphatic carbocycles. The van der Waals surface area contributed by atoms with Crippen molar-refractivity contribution >= 4 is 29.2 Å². The fourth-order valence-electron chi connectivity index (χ4n) is 2.85. The maximum atomic E-state index is 6.18. The van der Waals surface area contributed by atoms with Crippen molar-refractivity contribution < 1.29 is 17.0 Å². The second-order valence-corrected chi connectivity index (χ2v) is 6.28. The maximum Gasteiger partial charge on any atom is 0.357 e. The topological polar surface area (TPSA) is 79.4 Å². The first kappa shape index (κ1) is 19.6. The molecule has 7 heteroatoms. The third-order valence-electron chi connectivity index (χ3n) is 3.93. The minimum Gasteiger partial charge on any atom is -1.00 e. The molecule has 0 aromatic heterocycles. The van der Waals surface area contributed by atoms with Gasteiger partial charge < -0.3 is 18.1 Å². The Labute approximate surface area is 149 Å². The van der Waals surface area contributed by atoms with Crippen molar-refractivity contribution in [1.29, 1.82) is 0 Å². The summed E-state index contributed by atoms with van der Waals surface area (Å²) in [6.07, 6.45) is 5.59. The molecule has 128 valence electrons. The van der Waals surface area contributed by atoms with E-state index in [1.807, 2.05) is 28.8 Å². The molecule has 1 aromatic rings. The highest BCUT2D eigenvalue weighted by molar-refractivity contribution is 6.30. The summed E-state index contributed by atoms with van der Waals surface area (Å²) in [4.78, 5) is 4.62. The molecule has 0 amide bonds. The van der Waals surface area contributed by atoms with Crippen LogP contribution in [0.3, 0.4) is 0 Å². The summed E-state index contributed by atoms with van der Waals surface area (Å²) in [5.74, 6) is 0.855. The van der Waals surface area contributed by atoms with E-state index in [0.717, 1.165) is 18.5 Å². The highest BCUT2D eigenvalue weighted by Crippen LogP contribution is 2.30. The van der Waals surface area contributed by atoms with Crippen molar-refractivity contribution in [2.24, 2.45) is 16.5 Å². The Balaban J connectivity index is 0.00000264. The summed E-state index contributed by atoms with van der Waals surface area (Å²) in [7, 11) is 0. The third-order valence-corrected chi connectivity index (χ3v) is 4.18. The van der Waals surface area contributed by atoms with Gasteiger partial charge in [-0.2, -0.15) is 4.99 Å². The summed E-state index contributed by atoms with van der Waals surface area (Å²) in [5.41, 5.74) is 12.5. The number of halogens is 2. The lowest BCUT2D eigenvalue weighted by molar-refractivity contribution is -0.534. The molecule has 0 radical (unpaired) electrons. The summed E-state index contributed by atoms with van der Waals surface area (Å²) < 4.78 is 1.99. The number of aliphatic imine (C=N–C) groups is 1. The van der Waals surface area contributed by atoms with Crippen LogP contribution >= 0.6 is 11.6 Å². The largest absolute Gasteiger partial charge is 1.00 e. The molecule has 0 fully saturated rings. The molecule has 2 rings (SSSR count). The second kappa shape index (κ2) is 8.41. The van der Waals surface area contributed by atoms with Crippen LogP contribution in [-0.2, 0) is 0 Å². The number of nitrogens with one attached hydrogen (secondary N) is 1. The molecule has 23 heavy (non-hydrogen) atoms. The first-order chi connectivity index (χ1) is 10.5. The smallest absolute Gasteiger partial charge is 0.357 e. The number of guanidine groups is 2. The van der Waals surface area contributed by atoms with Crippen LogP contribution in [0.4, 0.5) is 5.69 Å². The van der Waals surface area contributed by atoms with Crippen LogP contribution < -0.4 is 29.2 Å². The second-order valence-electron chi connectivity index (χ2n) is 5.85. The zero-order chi connectivity index (χ0) is 16.2. The van der Waals surface area contributed by atoms with Crippen LogP contribution in [0.25, 0.3) is 0 Å². The molecule has 1 aliphatic heterocycles. The van der Waals surface area contributed by atoms with Crippen molar-refractivity contribution in [1.82, 2.24) is 5.32 Å². The lowest BCUT2D eigenvalue weighted by atomic mass is 10.0. The number of rotatable bonds is 6. The quantitative estimate of drug-likeness (QED) is 0.491. The molecular formula is C16H25Cl2N5. The van der Waals surface area contributed by atoms with Gasteiger partial charge in [0.05, 0.1) is 0 Å². The van der Waals surface area contributed by atoms with Crippen molar-refractivity contribution in [2.75, 3.05) is 0 Å². The molecule has 1 aromatic carbocycles. The van der Waals surface area contributed by atoms with E-state index in [9.17, 15) is 0 Å². The molecule has 1 heterocycles. The van der Waals surface area contributed by atoms with E-state index >= 15 is 0 Å². The van der Waals surface area contributed by atoms with Crippen LogP contribution in [-0.4, -0.2) is 22.2 Å². The highest BCUT2D eigenvalue weighted by atomic mass is 35.5. The molecule has 1 atom stereocenters. The Hall–Kier alpha value is -1.46. The predicted octanol–water partition coefficient (Wildman–Crippen LogP) is -0.0928. The molecule has 0 bridgehead atoms. The number of hydrogen-bond acceptors (Lipinski definition) is 4. The van der Waals surface area contributed by atoms with E-state index < -0.39 is 5.66 Å². The average molecular weight is 358 g/mol. The van der Waals surface area contributed by atoms with Crippen LogP contribution in [0.1, 0.15) is 46.0 Å². The Morgan fingerprint density at radius 1 is 1.17 bits per heavy atom. The van der Waals surface area contributed by atoms with Gasteiger partial charge in [-0.1, -0.05) is 37.8 Å². The lowest BCUT2D eigenvalue weighted by Gasteiger charge is -2.31. The fourth-order valence-corrected chi connectivity index (χ4v) is 2.97. The van der Waals surface area contributed by atoms with E-state index in [0.29, 0.717) is 16.9 Å². The third kappa shape index (κ3) is 4.75. The number of hydrogen-bond donors (Lipinski definition) is 3. The summed E-state index contributed by atoms with van der Waals surface area (Å²) >= 11 is 5.98. The Kier molecular flexibility index (Phi) is 7.16. The van der Waals surface area contributed by atoms with Gasteiger partial charge >= 0.3 is 5.96 Å². The summed E-state index contributed by atoms with van der Waals surface area (Å²) in [6.45, 7) is 4.27. The Bertz CT molecular complexity index is 583. The van der Waals surface area contributed by atoms with Gasteiger partial charge in [0.1, 0.15) is 5.69 Å². The Morgan fingerprint density at radius 2 is 1.83 bits per heavy atom. The van der Waals surface area contributed by atoms with Crippen molar-refractivity contribution in [2.45, 2.75) is 51.6 Å². The fraction of sp³-hybridized carbons (Fsp3) is 0.500. The van der Waals surface area contributed by atoms with Crippen molar-refractivity contribution in [3.63, 3.8) is 0 Å². The number of benzene rings is 1. The van der Waals surface area contributed by atoms with E-state index in [4.69, 9.17) is 23.1 Å². The SMILES string of the molecule is CCCCCCC1(C)N=C(N)NC(N)=[N+]1c1ccc(Cl)cc1.[Cl-]. The normalized spacial score (nSPS) is 20.6. The summed E-state index contributed by atoms with van der Waals surface area (Å²) in [5, 5.41) is 3.61. The van der Waals surface area contributed by atoms with Crippen LogP contribution in [0.5, 0.6) is 0 Å². The zero-order valence-corrected chi connectivity index (χ0v) is 15.2. The monoisotopic (exact) mass is 357 g/mol. The molecule has 0 spiro atoms. The van der Waals surface area contributed by atoms with Crippen LogP contribution in [0.2, 0.25) is 5.02 Å². The van der Waals surface area contributed by atoms with Crippen LogP contribution in [0, 0.1) is 0 Å². The van der Waals surface area contributed by atoms with Crippen molar-refractivity contribution in [3.05, 3.63) is 29.3 Å². The number of unbranched alkanes of at least 4 members (excludes halogenated alkanes) is 3. The average Bonchev–Trinajstić information content (AvgIpc) is 2.45.